The Labute approximate surface area is 295 Å². The third-order valence-electron chi connectivity index (χ3n) is 9.08. The van der Waals surface area contributed by atoms with Crippen LogP contribution in [0.4, 0.5) is 0 Å². The fourth-order valence-electron chi connectivity index (χ4n) is 6.61. The van der Waals surface area contributed by atoms with Crippen molar-refractivity contribution in [2.75, 3.05) is 6.61 Å². The Morgan fingerprint density at radius 1 is 0.510 bits per heavy atom. The summed E-state index contributed by atoms with van der Waals surface area (Å²) in [4.78, 5) is 0. The molecule has 51 heavy (non-hydrogen) atoms. The Hall–Kier alpha value is -4.50. The Morgan fingerprint density at radius 2 is 0.980 bits per heavy atom. The normalized spacial score (nSPS) is 25.6. The number of rotatable bonds is 7. The first-order chi connectivity index (χ1) is 25.2. The van der Waals surface area contributed by atoms with Crippen LogP contribution in [-0.4, -0.2) is 37.3 Å². The highest BCUT2D eigenvalue weighted by Gasteiger charge is 2.56. The second kappa shape index (κ2) is 13.2. The molecule has 0 aliphatic carbocycles. The Kier molecular flexibility index (Phi) is 8.11. The summed E-state index contributed by atoms with van der Waals surface area (Å²) in [7, 11) is -3.89. The van der Waals surface area contributed by atoms with E-state index in [1.807, 2.05) is 133 Å². The Balaban J connectivity index is 0.994. The van der Waals surface area contributed by atoms with Crippen LogP contribution in [0.25, 0.3) is 21.5 Å². The largest absolute Gasteiger partial charge is 0.463 e. The van der Waals surface area contributed by atoms with Gasteiger partial charge in [-0.25, -0.2) is 0 Å². The first-order valence-corrected chi connectivity index (χ1v) is 18.8. The molecule has 10 rings (SSSR count). The predicted octanol–water partition coefficient (Wildman–Crippen LogP) is 9.38. The third kappa shape index (κ3) is 6.13. The maximum absolute atomic E-state index is 6.80. The summed E-state index contributed by atoms with van der Waals surface area (Å²) in [6.07, 6.45) is -4.65. The van der Waals surface area contributed by atoms with Gasteiger partial charge in [0, 0.05) is 5.56 Å². The van der Waals surface area contributed by atoms with Crippen molar-refractivity contribution < 1.29 is 46.1 Å². The lowest BCUT2D eigenvalue weighted by molar-refractivity contribution is -0.344. The van der Waals surface area contributed by atoms with Crippen LogP contribution in [0.5, 0.6) is 28.7 Å². The van der Waals surface area contributed by atoms with E-state index in [9.17, 15) is 0 Å². The monoisotopic (exact) mass is 720 g/mol. The summed E-state index contributed by atoms with van der Waals surface area (Å²) in [5, 5.41) is 4.12. The maximum atomic E-state index is 6.80. The second-order valence-corrected chi connectivity index (χ2v) is 14.4. The molecule has 1 unspecified atom stereocenters. The predicted molar refractivity (Wildman–Crippen MR) is 190 cm³/mol. The molecule has 6 aromatic rings. The highest BCUT2D eigenvalue weighted by Crippen LogP contribution is 2.59. The van der Waals surface area contributed by atoms with E-state index in [0.29, 0.717) is 28.7 Å². The van der Waals surface area contributed by atoms with Crippen LogP contribution in [0, 0.1) is 0 Å². The van der Waals surface area contributed by atoms with Gasteiger partial charge >= 0.3 is 17.2 Å². The van der Waals surface area contributed by atoms with Gasteiger partial charge in [-0.3, -0.25) is 9.05 Å². The summed E-state index contributed by atoms with van der Waals surface area (Å²) < 4.78 is 64.7. The van der Waals surface area contributed by atoms with Gasteiger partial charge in [0.1, 0.15) is 24.1 Å². The van der Waals surface area contributed by atoms with Gasteiger partial charge in [0.15, 0.2) is 35.4 Å². The van der Waals surface area contributed by atoms with Gasteiger partial charge in [-0.1, -0.05) is 97.1 Å². The van der Waals surface area contributed by atoms with E-state index in [4.69, 9.17) is 46.1 Å². The number of fused-ring (bicyclic) bond motifs is 5. The fourth-order valence-corrected chi connectivity index (χ4v) is 8.93. The molecule has 10 nitrogen and oxygen atoms in total. The molecule has 4 aliphatic rings. The van der Waals surface area contributed by atoms with Gasteiger partial charge in [0.05, 0.1) is 6.61 Å². The summed E-state index contributed by atoms with van der Waals surface area (Å²) in [6, 6.07) is 43.0. The van der Waals surface area contributed by atoms with Crippen LogP contribution in [-0.2, 0) is 23.3 Å². The first kappa shape index (κ1) is 31.3. The zero-order valence-electron chi connectivity index (χ0n) is 26.8. The SMILES string of the molecule is c1ccc(O[C@@H]2O[C@@H]3COC(c4ccccc4)O[C@H]3[C@H](OP3Oc4cc5ccccc5cc4O3)[C@H]2OP2Oc3cc4ccccc4cc3O2)cc1. The molecule has 0 aromatic heterocycles. The molecule has 256 valence electrons. The number of benzene rings is 6. The lowest BCUT2D eigenvalue weighted by Crippen LogP contribution is -2.63. The van der Waals surface area contributed by atoms with Crippen molar-refractivity contribution in [2.45, 2.75) is 37.0 Å². The van der Waals surface area contributed by atoms with Crippen molar-refractivity contribution in [2.24, 2.45) is 0 Å². The van der Waals surface area contributed by atoms with E-state index in [1.54, 1.807) is 0 Å². The van der Waals surface area contributed by atoms with Crippen LogP contribution in [0.2, 0.25) is 0 Å². The molecule has 4 heterocycles. The summed E-state index contributed by atoms with van der Waals surface area (Å²) in [6.45, 7) is 0.219. The molecule has 0 spiro atoms. The van der Waals surface area contributed by atoms with Crippen molar-refractivity contribution in [3.8, 4) is 28.7 Å². The molecule has 0 N–H and O–H groups in total. The van der Waals surface area contributed by atoms with Gasteiger partial charge in [-0.05, 0) is 57.9 Å². The molecule has 0 radical (unpaired) electrons. The Bertz CT molecular complexity index is 2100. The molecule has 12 heteroatoms. The zero-order chi connectivity index (χ0) is 33.7. The van der Waals surface area contributed by atoms with Crippen molar-refractivity contribution >= 4 is 38.7 Å². The maximum Gasteiger partial charge on any atom is 0.463 e. The zero-order valence-corrected chi connectivity index (χ0v) is 28.6. The van der Waals surface area contributed by atoms with Gasteiger partial charge in [0.2, 0.25) is 6.29 Å². The minimum atomic E-state index is -1.95. The number of hydrogen-bond acceptors (Lipinski definition) is 10. The number of para-hydroxylation sites is 1. The van der Waals surface area contributed by atoms with Crippen molar-refractivity contribution in [3.63, 3.8) is 0 Å². The van der Waals surface area contributed by atoms with E-state index in [2.05, 4.69) is 0 Å². The van der Waals surface area contributed by atoms with Gasteiger partial charge < -0.3 is 37.0 Å². The molecule has 6 aromatic carbocycles. The van der Waals surface area contributed by atoms with Crippen LogP contribution in [0.15, 0.2) is 133 Å². The lowest BCUT2D eigenvalue weighted by Gasteiger charge is -2.48. The van der Waals surface area contributed by atoms with Crippen molar-refractivity contribution in [1.29, 1.82) is 0 Å². The minimum absolute atomic E-state index is 0.219. The van der Waals surface area contributed by atoms with E-state index in [1.165, 1.54) is 0 Å². The standard InChI is InChI=1S/C39H30O10P2/c1-3-11-24(12-4-1)38-40-23-34-35(43-38)36(48-50-44-30-19-25-13-7-8-14-26(25)20-31(30)45-50)37(39(42-34)41-29-17-5-2-6-18-29)49-51-46-32-21-27-15-9-10-16-28(27)22-33(32)47-51/h1-22,34-39H,23H2/t34-,35-,36+,37-,38?,39-/m1/s1. The molecule has 4 aliphatic heterocycles. The average molecular weight is 721 g/mol. The molecule has 0 bridgehead atoms. The van der Waals surface area contributed by atoms with E-state index in [0.717, 1.165) is 27.1 Å². The van der Waals surface area contributed by atoms with Gasteiger partial charge in [-0.15, -0.1) is 0 Å². The quantitative estimate of drug-likeness (QED) is 0.149. The van der Waals surface area contributed by atoms with Crippen LogP contribution >= 0.6 is 17.2 Å². The topological polar surface area (TPSA) is 92.3 Å². The summed E-state index contributed by atoms with van der Waals surface area (Å²) >= 11 is 0. The van der Waals surface area contributed by atoms with Crippen LogP contribution in [0.1, 0.15) is 11.9 Å². The lowest BCUT2D eigenvalue weighted by atomic mass is 9.98. The van der Waals surface area contributed by atoms with Crippen molar-refractivity contribution in [1.82, 2.24) is 0 Å². The summed E-state index contributed by atoms with van der Waals surface area (Å²) in [5.74, 6) is 2.97. The van der Waals surface area contributed by atoms with Crippen molar-refractivity contribution in [3.05, 3.63) is 139 Å². The number of hydrogen-bond donors (Lipinski definition) is 0. The Morgan fingerprint density at radius 3 is 1.51 bits per heavy atom. The molecule has 0 amide bonds. The molecular formula is C39H30O10P2. The average Bonchev–Trinajstić information content (AvgIpc) is 3.76. The summed E-state index contributed by atoms with van der Waals surface area (Å²) in [5.41, 5.74) is 0.863. The second-order valence-electron chi connectivity index (χ2n) is 12.4. The fraction of sp³-hybridized carbons (Fsp3) is 0.179. The van der Waals surface area contributed by atoms with E-state index >= 15 is 0 Å². The van der Waals surface area contributed by atoms with E-state index in [-0.39, 0.29) is 6.61 Å². The highest BCUT2D eigenvalue weighted by atomic mass is 31.2. The minimum Gasteiger partial charge on any atom is -0.462 e. The molecule has 0 saturated carbocycles. The molecule has 2 saturated heterocycles. The first-order valence-electron chi connectivity index (χ1n) is 16.6. The van der Waals surface area contributed by atoms with E-state index < -0.39 is 54.2 Å². The highest BCUT2D eigenvalue weighted by molar-refractivity contribution is 7.43. The van der Waals surface area contributed by atoms with Crippen LogP contribution in [0.3, 0.4) is 0 Å². The van der Waals surface area contributed by atoms with Gasteiger partial charge in [-0.2, -0.15) is 0 Å². The number of ether oxygens (including phenoxy) is 4. The molecule has 6 atom stereocenters. The molecular weight excluding hydrogens is 690 g/mol. The van der Waals surface area contributed by atoms with Gasteiger partial charge in [0.25, 0.3) is 0 Å². The van der Waals surface area contributed by atoms with Crippen LogP contribution < -0.4 is 22.8 Å². The molecule has 2 fully saturated rings. The smallest absolute Gasteiger partial charge is 0.462 e. The third-order valence-corrected chi connectivity index (χ3v) is 11.3.